The van der Waals surface area contributed by atoms with E-state index in [-0.39, 0.29) is 13.7 Å². The molecule has 2 aromatic rings. The number of hydrogen-bond acceptors (Lipinski definition) is 4. The molecule has 96 valence electrons. The minimum atomic E-state index is -3.70. The number of benzene rings is 1. The van der Waals surface area contributed by atoms with E-state index in [0.717, 1.165) is 11.3 Å². The van der Waals surface area contributed by atoms with Gasteiger partial charge in [0.05, 0.1) is 21.9 Å². The Labute approximate surface area is 123 Å². The molecule has 1 N–H and O–H groups in total. The lowest BCUT2D eigenvalue weighted by atomic mass is 10.3. The van der Waals surface area contributed by atoms with E-state index in [1.54, 1.807) is 0 Å². The van der Waals surface area contributed by atoms with Crippen LogP contribution in [0.15, 0.2) is 28.6 Å². The Bertz CT molecular complexity index is 685. The Morgan fingerprint density at radius 2 is 1.89 bits per heavy atom. The van der Waals surface area contributed by atoms with Crippen LogP contribution in [0, 0.1) is 0 Å². The molecule has 0 amide bonds. The van der Waals surface area contributed by atoms with Gasteiger partial charge in [-0.1, -0.05) is 46.1 Å². The Balaban J connectivity index is 2.30. The van der Waals surface area contributed by atoms with Gasteiger partial charge in [0.15, 0.2) is 8.68 Å². The SMILES string of the molecule is O=S(=O)(Nc1ccc(Cl)c(Cl)c1)c1cnc(Cl)s1. The molecule has 1 heterocycles. The number of sulfonamides is 1. The van der Waals surface area contributed by atoms with E-state index in [9.17, 15) is 8.42 Å². The fourth-order valence-electron chi connectivity index (χ4n) is 1.13. The van der Waals surface area contributed by atoms with Crippen molar-refractivity contribution in [2.24, 2.45) is 0 Å². The highest BCUT2D eigenvalue weighted by atomic mass is 35.5. The van der Waals surface area contributed by atoms with Crippen molar-refractivity contribution < 1.29 is 8.42 Å². The Kier molecular flexibility index (Phi) is 4.03. The van der Waals surface area contributed by atoms with Crippen molar-refractivity contribution in [3.63, 3.8) is 0 Å². The van der Waals surface area contributed by atoms with Gasteiger partial charge in [0, 0.05) is 0 Å². The van der Waals surface area contributed by atoms with Crippen LogP contribution in [0.4, 0.5) is 5.69 Å². The largest absolute Gasteiger partial charge is 0.279 e. The number of aromatic nitrogens is 1. The van der Waals surface area contributed by atoms with Crippen molar-refractivity contribution in [2.45, 2.75) is 4.21 Å². The molecule has 0 atom stereocenters. The molecule has 0 aliphatic carbocycles. The molecule has 0 radical (unpaired) electrons. The summed E-state index contributed by atoms with van der Waals surface area (Å²) in [4.78, 5) is 3.67. The summed E-state index contributed by atoms with van der Waals surface area (Å²) in [6.45, 7) is 0. The highest BCUT2D eigenvalue weighted by Crippen LogP contribution is 2.28. The molecule has 1 aromatic heterocycles. The Morgan fingerprint density at radius 3 is 2.44 bits per heavy atom. The summed E-state index contributed by atoms with van der Waals surface area (Å²) in [5.41, 5.74) is 0.314. The number of halogens is 3. The van der Waals surface area contributed by atoms with Crippen molar-refractivity contribution in [3.8, 4) is 0 Å². The van der Waals surface area contributed by atoms with Gasteiger partial charge in [0.2, 0.25) is 0 Å². The first-order chi connectivity index (χ1) is 8.38. The minimum absolute atomic E-state index is 0.0265. The van der Waals surface area contributed by atoms with Crippen molar-refractivity contribution in [1.82, 2.24) is 4.98 Å². The molecule has 0 unspecified atom stereocenters. The smallest absolute Gasteiger partial charge is 0.273 e. The van der Waals surface area contributed by atoms with Crippen LogP contribution >= 0.6 is 46.1 Å². The van der Waals surface area contributed by atoms with Crippen molar-refractivity contribution >= 4 is 61.9 Å². The summed E-state index contributed by atoms with van der Waals surface area (Å²) in [5.74, 6) is 0. The molecule has 9 heteroatoms. The average Bonchev–Trinajstić information content (AvgIpc) is 2.71. The second kappa shape index (κ2) is 5.22. The van der Waals surface area contributed by atoms with Gasteiger partial charge >= 0.3 is 0 Å². The van der Waals surface area contributed by atoms with E-state index in [0.29, 0.717) is 10.7 Å². The summed E-state index contributed by atoms with van der Waals surface area (Å²) in [6, 6.07) is 4.43. The molecular weight excluding hydrogens is 339 g/mol. The molecule has 0 saturated heterocycles. The van der Waals surface area contributed by atoms with Gasteiger partial charge in [-0.05, 0) is 18.2 Å². The maximum atomic E-state index is 11.9. The van der Waals surface area contributed by atoms with Crippen molar-refractivity contribution in [2.75, 3.05) is 4.72 Å². The van der Waals surface area contributed by atoms with Crippen LogP contribution in [0.25, 0.3) is 0 Å². The van der Waals surface area contributed by atoms with Gasteiger partial charge in [-0.25, -0.2) is 13.4 Å². The number of nitrogens with zero attached hydrogens (tertiary/aromatic N) is 1. The maximum absolute atomic E-state index is 11.9. The van der Waals surface area contributed by atoms with E-state index in [2.05, 4.69) is 9.71 Å². The van der Waals surface area contributed by atoms with Gasteiger partial charge < -0.3 is 0 Å². The third kappa shape index (κ3) is 3.07. The molecule has 18 heavy (non-hydrogen) atoms. The van der Waals surface area contributed by atoms with Crippen LogP contribution < -0.4 is 4.72 Å². The topological polar surface area (TPSA) is 59.1 Å². The average molecular weight is 344 g/mol. The number of rotatable bonds is 3. The number of nitrogens with one attached hydrogen (secondary N) is 1. The highest BCUT2D eigenvalue weighted by molar-refractivity contribution is 7.94. The predicted octanol–water partition coefficient (Wildman–Crippen LogP) is 3.90. The molecule has 4 nitrogen and oxygen atoms in total. The fraction of sp³-hybridized carbons (Fsp3) is 0. The molecular formula is C9H5Cl3N2O2S2. The van der Waals surface area contributed by atoms with E-state index in [1.165, 1.54) is 24.4 Å². The lowest BCUT2D eigenvalue weighted by molar-refractivity contribution is 0.603. The van der Waals surface area contributed by atoms with Crippen LogP contribution in [0.3, 0.4) is 0 Å². The van der Waals surface area contributed by atoms with Gasteiger partial charge in [0.1, 0.15) is 0 Å². The molecule has 0 saturated carbocycles. The first-order valence-electron chi connectivity index (χ1n) is 4.48. The van der Waals surface area contributed by atoms with Crippen molar-refractivity contribution in [1.29, 1.82) is 0 Å². The fourth-order valence-corrected chi connectivity index (χ4v) is 3.77. The summed E-state index contributed by atoms with van der Waals surface area (Å²) in [5, 5.41) is 0.611. The number of anilines is 1. The summed E-state index contributed by atoms with van der Waals surface area (Å²) in [7, 11) is -3.70. The Hall–Kier alpha value is -0.530. The van der Waals surface area contributed by atoms with E-state index in [4.69, 9.17) is 34.8 Å². The summed E-state index contributed by atoms with van der Waals surface area (Å²) in [6.07, 6.45) is 1.19. The van der Waals surface area contributed by atoms with Gasteiger partial charge in [-0.3, -0.25) is 4.72 Å². The molecule has 1 aromatic carbocycles. The van der Waals surface area contributed by atoms with Crippen LogP contribution in [-0.2, 0) is 10.0 Å². The second-order valence-corrected chi connectivity index (χ2v) is 7.50. The van der Waals surface area contributed by atoms with Crippen LogP contribution in [0.5, 0.6) is 0 Å². The second-order valence-electron chi connectivity index (χ2n) is 3.17. The quantitative estimate of drug-likeness (QED) is 0.919. The standard InChI is InChI=1S/C9H5Cl3N2O2S2/c10-6-2-1-5(3-7(6)11)14-18(15,16)8-4-13-9(12)17-8/h1-4,14H. The summed E-state index contributed by atoms with van der Waals surface area (Å²) >= 11 is 18.0. The predicted molar refractivity (Wildman–Crippen MR) is 74.4 cm³/mol. The monoisotopic (exact) mass is 342 g/mol. The summed E-state index contributed by atoms with van der Waals surface area (Å²) < 4.78 is 26.4. The molecule has 0 bridgehead atoms. The van der Waals surface area contributed by atoms with Gasteiger partial charge in [0.25, 0.3) is 10.0 Å². The Morgan fingerprint density at radius 1 is 1.17 bits per heavy atom. The lowest BCUT2D eigenvalue weighted by Crippen LogP contribution is -2.11. The first-order valence-corrected chi connectivity index (χ1v) is 7.91. The molecule has 0 spiro atoms. The zero-order valence-corrected chi connectivity index (χ0v) is 12.4. The highest BCUT2D eigenvalue weighted by Gasteiger charge is 2.18. The van der Waals surface area contributed by atoms with E-state index >= 15 is 0 Å². The van der Waals surface area contributed by atoms with Crippen LogP contribution in [0.2, 0.25) is 14.5 Å². The van der Waals surface area contributed by atoms with Crippen molar-refractivity contribution in [3.05, 3.63) is 38.9 Å². The van der Waals surface area contributed by atoms with E-state index in [1.807, 2.05) is 0 Å². The van der Waals surface area contributed by atoms with Gasteiger partial charge in [-0.2, -0.15) is 0 Å². The zero-order valence-electron chi connectivity index (χ0n) is 8.52. The number of thiazole rings is 1. The molecule has 2 rings (SSSR count). The lowest BCUT2D eigenvalue weighted by Gasteiger charge is -2.06. The van der Waals surface area contributed by atoms with Crippen LogP contribution in [-0.4, -0.2) is 13.4 Å². The number of hydrogen-bond donors (Lipinski definition) is 1. The van der Waals surface area contributed by atoms with Crippen LogP contribution in [0.1, 0.15) is 0 Å². The third-order valence-corrected chi connectivity index (χ3v) is 5.59. The first kappa shape index (κ1) is 13.9. The van der Waals surface area contributed by atoms with Gasteiger partial charge in [-0.15, -0.1) is 0 Å². The maximum Gasteiger partial charge on any atom is 0.273 e. The molecule has 0 aliphatic rings. The zero-order chi connectivity index (χ0) is 13.3. The third-order valence-electron chi connectivity index (χ3n) is 1.89. The minimum Gasteiger partial charge on any atom is -0.279 e. The van der Waals surface area contributed by atoms with E-state index < -0.39 is 10.0 Å². The molecule has 0 fully saturated rings. The molecule has 0 aliphatic heterocycles. The normalized spacial score (nSPS) is 11.5.